The molecule has 2 bridgehead atoms. The van der Waals surface area contributed by atoms with E-state index in [-0.39, 0.29) is 34.8 Å². The maximum Gasteiger partial charge on any atom is 0.264 e. The fraction of sp³-hybridized carbons (Fsp3) is 0.400. The fourth-order valence-electron chi connectivity index (χ4n) is 5.61. The molecule has 4 heterocycles. The first-order valence-electron chi connectivity index (χ1n) is 13.1. The molecule has 10 heteroatoms. The van der Waals surface area contributed by atoms with Crippen LogP contribution in [0.3, 0.4) is 0 Å². The maximum absolute atomic E-state index is 13.1. The lowest BCUT2D eigenvalue weighted by molar-refractivity contribution is -0.140. The number of aryl methyl sites for hydroxylation is 1. The van der Waals surface area contributed by atoms with Gasteiger partial charge in [-0.1, -0.05) is 6.92 Å². The molecule has 3 saturated heterocycles. The molecule has 3 fully saturated rings. The third-order valence-electron chi connectivity index (χ3n) is 7.86. The van der Waals surface area contributed by atoms with Crippen LogP contribution in [0.25, 0.3) is 11.1 Å². The van der Waals surface area contributed by atoms with Crippen molar-refractivity contribution in [1.82, 2.24) is 14.4 Å². The van der Waals surface area contributed by atoms with Crippen LogP contribution in [0.15, 0.2) is 46.3 Å². The SMILES string of the molecule is [B]/C(C)=C\C(=N)/C=C(\C#N)C(=O)N1CC2CC(C1)N2Cc1c(OC)cc(-c2cn(C)c(=O)c(C)c2C)cc1OC. The number of amides is 1. The van der Waals surface area contributed by atoms with E-state index < -0.39 is 0 Å². The Labute approximate surface area is 236 Å². The number of fused-ring (bicyclic) bond motifs is 2. The van der Waals surface area contributed by atoms with Crippen LogP contribution in [0.1, 0.15) is 30.0 Å². The number of carbonyl (C=O) groups is 1. The molecule has 1 amide bonds. The van der Waals surface area contributed by atoms with Crippen molar-refractivity contribution < 1.29 is 14.3 Å². The van der Waals surface area contributed by atoms with Gasteiger partial charge in [-0.25, -0.2) is 0 Å². The number of hydrogen-bond donors (Lipinski definition) is 1. The Morgan fingerprint density at radius 2 is 1.75 bits per heavy atom. The predicted molar refractivity (Wildman–Crippen MR) is 155 cm³/mol. The number of rotatable bonds is 8. The predicted octanol–water partition coefficient (Wildman–Crippen LogP) is 3.01. The van der Waals surface area contributed by atoms with Crippen LogP contribution in [-0.2, 0) is 18.4 Å². The number of nitriles is 1. The van der Waals surface area contributed by atoms with Gasteiger partial charge in [0, 0.05) is 56.1 Å². The molecule has 2 unspecified atom stereocenters. The number of carbonyl (C=O) groups excluding carboxylic acids is 1. The van der Waals surface area contributed by atoms with Gasteiger partial charge in [-0.2, -0.15) is 5.26 Å². The van der Waals surface area contributed by atoms with Crippen LogP contribution in [-0.4, -0.2) is 73.2 Å². The summed E-state index contributed by atoms with van der Waals surface area (Å²) >= 11 is 0. The number of nitrogens with zero attached hydrogens (tertiary/aromatic N) is 4. The van der Waals surface area contributed by atoms with E-state index in [0.717, 1.165) is 28.7 Å². The number of allylic oxidation sites excluding steroid dienone is 3. The van der Waals surface area contributed by atoms with E-state index in [4.69, 9.17) is 22.7 Å². The van der Waals surface area contributed by atoms with Crippen molar-refractivity contribution in [1.29, 1.82) is 10.7 Å². The molecule has 3 aliphatic rings. The zero-order chi connectivity index (χ0) is 29.3. The van der Waals surface area contributed by atoms with Gasteiger partial charge in [0.25, 0.3) is 11.5 Å². The van der Waals surface area contributed by atoms with Gasteiger partial charge in [0.1, 0.15) is 31.0 Å². The van der Waals surface area contributed by atoms with Crippen LogP contribution < -0.4 is 15.0 Å². The second-order valence-corrected chi connectivity index (χ2v) is 10.5. The molecule has 5 rings (SSSR count). The summed E-state index contributed by atoms with van der Waals surface area (Å²) < 4.78 is 13.2. The lowest BCUT2D eigenvalue weighted by atomic mass is 9.86. The van der Waals surface area contributed by atoms with Crippen LogP contribution in [0.2, 0.25) is 0 Å². The van der Waals surface area contributed by atoms with Gasteiger partial charge < -0.3 is 24.4 Å². The Bertz CT molecular complexity index is 1490. The minimum Gasteiger partial charge on any atom is -0.496 e. The molecular formula is C30H34BN5O4. The fourth-order valence-corrected chi connectivity index (χ4v) is 5.61. The number of nitrogens with one attached hydrogen (secondary N) is 1. The molecule has 1 N–H and O–H groups in total. The molecule has 0 aliphatic carbocycles. The van der Waals surface area contributed by atoms with E-state index >= 15 is 0 Å². The molecule has 40 heavy (non-hydrogen) atoms. The maximum atomic E-state index is 13.1. The van der Waals surface area contributed by atoms with Crippen molar-refractivity contribution in [3.8, 4) is 28.7 Å². The van der Waals surface area contributed by atoms with Gasteiger partial charge in [0.15, 0.2) is 0 Å². The minimum atomic E-state index is -0.368. The summed E-state index contributed by atoms with van der Waals surface area (Å²) in [5.74, 6) is 1.01. The highest BCUT2D eigenvalue weighted by atomic mass is 16.5. The van der Waals surface area contributed by atoms with Crippen molar-refractivity contribution in [3.63, 3.8) is 0 Å². The van der Waals surface area contributed by atoms with Gasteiger partial charge in [0.05, 0.1) is 25.5 Å². The monoisotopic (exact) mass is 539 g/mol. The summed E-state index contributed by atoms with van der Waals surface area (Å²) in [5, 5.41) is 17.5. The minimum absolute atomic E-state index is 0.0133. The van der Waals surface area contributed by atoms with Crippen LogP contribution >= 0.6 is 0 Å². The van der Waals surface area contributed by atoms with E-state index in [9.17, 15) is 14.9 Å². The second-order valence-electron chi connectivity index (χ2n) is 10.5. The number of pyridine rings is 1. The largest absolute Gasteiger partial charge is 0.496 e. The van der Waals surface area contributed by atoms with Crippen molar-refractivity contribution in [3.05, 3.63) is 68.6 Å². The first-order chi connectivity index (χ1) is 19.0. The Morgan fingerprint density at radius 3 is 2.27 bits per heavy atom. The average Bonchev–Trinajstić information content (AvgIpc) is 2.94. The number of benzene rings is 1. The van der Waals surface area contributed by atoms with Crippen LogP contribution in [0, 0.1) is 30.6 Å². The van der Waals surface area contributed by atoms with Crippen LogP contribution in [0.4, 0.5) is 0 Å². The number of piperidine rings is 1. The Hall–Kier alpha value is -4.10. The summed E-state index contributed by atoms with van der Waals surface area (Å²) in [5.41, 5.74) is 4.71. The number of methoxy groups -OCH3 is 2. The number of ether oxygens (including phenoxy) is 2. The topological polar surface area (TPSA) is 112 Å². The highest BCUT2D eigenvalue weighted by molar-refractivity contribution is 6.24. The van der Waals surface area contributed by atoms with Gasteiger partial charge in [0.2, 0.25) is 0 Å². The molecule has 0 saturated carbocycles. The number of aromatic nitrogens is 1. The molecule has 9 nitrogen and oxygen atoms in total. The van der Waals surface area contributed by atoms with Gasteiger partial charge >= 0.3 is 0 Å². The highest BCUT2D eigenvalue weighted by Crippen LogP contribution is 2.41. The number of piperazine rings is 1. The normalized spacial score (nSPS) is 19.1. The van der Waals surface area contributed by atoms with Crippen molar-refractivity contribution in [2.45, 2.75) is 45.8 Å². The zero-order valence-corrected chi connectivity index (χ0v) is 23.9. The average molecular weight is 539 g/mol. The van der Waals surface area contributed by atoms with Gasteiger partial charge in [-0.05, 0) is 55.7 Å². The molecule has 206 valence electrons. The summed E-state index contributed by atoms with van der Waals surface area (Å²) in [7, 11) is 10.6. The smallest absolute Gasteiger partial charge is 0.264 e. The van der Waals surface area contributed by atoms with E-state index in [2.05, 4.69) is 4.90 Å². The summed E-state index contributed by atoms with van der Waals surface area (Å²) in [6.07, 6.45) is 5.47. The van der Waals surface area contributed by atoms with Gasteiger partial charge in [-0.15, -0.1) is 5.47 Å². The second kappa shape index (κ2) is 11.6. The molecule has 1 aromatic heterocycles. The Balaban J connectivity index is 1.56. The third kappa shape index (κ3) is 5.47. The van der Waals surface area contributed by atoms with E-state index in [1.165, 1.54) is 12.2 Å². The van der Waals surface area contributed by atoms with E-state index in [1.54, 1.807) is 37.7 Å². The van der Waals surface area contributed by atoms with E-state index in [0.29, 0.717) is 42.2 Å². The van der Waals surface area contributed by atoms with E-state index in [1.807, 2.05) is 38.2 Å². The Kier molecular flexibility index (Phi) is 8.36. The molecular weight excluding hydrogens is 505 g/mol. The molecule has 1 aromatic carbocycles. The highest BCUT2D eigenvalue weighted by Gasteiger charge is 2.46. The molecule has 3 aliphatic heterocycles. The third-order valence-corrected chi connectivity index (χ3v) is 7.86. The summed E-state index contributed by atoms with van der Waals surface area (Å²) in [4.78, 5) is 29.5. The van der Waals surface area contributed by atoms with Gasteiger partial charge in [-0.3, -0.25) is 14.5 Å². The number of hydrogen-bond acceptors (Lipinski definition) is 7. The molecule has 2 atom stereocenters. The lowest BCUT2D eigenvalue weighted by Gasteiger charge is -2.56. The molecule has 2 aromatic rings. The Morgan fingerprint density at radius 1 is 1.15 bits per heavy atom. The molecule has 2 radical (unpaired) electrons. The van der Waals surface area contributed by atoms with Crippen LogP contribution in [0.5, 0.6) is 11.5 Å². The standard InChI is InChI=1S/C30H34BN5O4/c1-17(31)7-22(33)8-21(12-32)30(38)35-13-23-11-24(14-35)36(23)16-26-27(39-5)9-20(10-28(26)40-6)25-15-34(4)29(37)19(3)18(25)2/h7-10,15,23-24,33H,11,13-14,16H2,1-6H3/b17-7-,21-8+,33-22?. The van der Waals surface area contributed by atoms with Crippen molar-refractivity contribution in [2.75, 3.05) is 27.3 Å². The first-order valence-corrected chi connectivity index (χ1v) is 13.1. The van der Waals surface area contributed by atoms with Crippen molar-refractivity contribution in [2.24, 2.45) is 7.05 Å². The lowest BCUT2D eigenvalue weighted by Crippen LogP contribution is -2.68. The quantitative estimate of drug-likeness (QED) is 0.239. The zero-order valence-electron chi connectivity index (χ0n) is 23.9. The van der Waals surface area contributed by atoms with Crippen molar-refractivity contribution >= 4 is 19.5 Å². The molecule has 0 spiro atoms. The first kappa shape index (κ1) is 28.9. The summed E-state index contributed by atoms with van der Waals surface area (Å²) in [6.45, 7) is 6.99. The summed E-state index contributed by atoms with van der Waals surface area (Å²) in [6, 6.07) is 6.17.